The van der Waals surface area contributed by atoms with E-state index in [0.717, 1.165) is 43.1 Å². The summed E-state index contributed by atoms with van der Waals surface area (Å²) in [5.41, 5.74) is 0.424. The number of aromatic nitrogens is 2. The van der Waals surface area contributed by atoms with Gasteiger partial charge < -0.3 is 15.1 Å². The van der Waals surface area contributed by atoms with E-state index >= 15 is 0 Å². The monoisotopic (exact) mass is 502 g/mol. The Kier molecular flexibility index (Phi) is 7.20. The van der Waals surface area contributed by atoms with Gasteiger partial charge in [0.15, 0.2) is 0 Å². The zero-order valence-electron chi connectivity index (χ0n) is 20.6. The normalized spacial score (nSPS) is 13.8. The molecule has 0 spiro atoms. The average molecular weight is 503 g/mol. The van der Waals surface area contributed by atoms with Crippen LogP contribution in [0.15, 0.2) is 68.6 Å². The number of hydrogen-bond acceptors (Lipinski definition) is 5. The van der Waals surface area contributed by atoms with Gasteiger partial charge in [-0.1, -0.05) is 55.3 Å². The van der Waals surface area contributed by atoms with Gasteiger partial charge in [0.1, 0.15) is 24.2 Å². The van der Waals surface area contributed by atoms with E-state index in [1.165, 1.54) is 10.1 Å². The number of benzene rings is 2. The summed E-state index contributed by atoms with van der Waals surface area (Å²) in [6.45, 7) is -0.282. The van der Waals surface area contributed by atoms with E-state index in [1.54, 1.807) is 24.3 Å². The second-order valence-electron chi connectivity index (χ2n) is 9.52. The summed E-state index contributed by atoms with van der Waals surface area (Å²) < 4.78 is 7.90. The van der Waals surface area contributed by atoms with Gasteiger partial charge >= 0.3 is 5.69 Å². The van der Waals surface area contributed by atoms with Crippen LogP contribution in [0.2, 0.25) is 0 Å². The van der Waals surface area contributed by atoms with Crippen molar-refractivity contribution in [3.63, 3.8) is 0 Å². The fraction of sp³-hybridized carbons (Fsp3) is 0.357. The third kappa shape index (κ3) is 5.35. The van der Waals surface area contributed by atoms with Crippen LogP contribution >= 0.6 is 0 Å². The SMILES string of the molecule is O=C(Cn1c(=O)n(CC(=O)NC2CCCC2)c(=O)c2oc3ccccc3c21)NCCCc1ccccc1. The van der Waals surface area contributed by atoms with Crippen LogP contribution in [-0.4, -0.2) is 33.5 Å². The smallest absolute Gasteiger partial charge is 0.332 e. The number of rotatable bonds is 9. The standard InChI is InChI=1S/C28H30N4O5/c33-23(29-16-8-11-19-9-2-1-3-10-19)17-31-25-21-14-6-7-15-22(21)37-26(25)27(35)32(28(31)36)18-24(34)30-20-12-4-5-13-20/h1-3,6-7,9-10,14-15,20H,4-5,8,11-13,16-18H2,(H,29,33)(H,30,34). The van der Waals surface area contributed by atoms with Gasteiger partial charge in [0.05, 0.1) is 0 Å². The summed E-state index contributed by atoms with van der Waals surface area (Å²) in [4.78, 5) is 52.3. The Morgan fingerprint density at radius 1 is 0.892 bits per heavy atom. The average Bonchev–Trinajstić information content (AvgIpc) is 3.55. The van der Waals surface area contributed by atoms with E-state index in [-0.39, 0.29) is 29.6 Å². The molecule has 0 bridgehead atoms. The molecule has 1 aliphatic rings. The molecule has 2 amide bonds. The number of aryl methyl sites for hydroxylation is 1. The maximum absolute atomic E-state index is 13.5. The first-order chi connectivity index (χ1) is 18.0. The Morgan fingerprint density at radius 2 is 1.59 bits per heavy atom. The minimum atomic E-state index is -0.718. The number of fused-ring (bicyclic) bond motifs is 3. The number of carbonyl (C=O) groups excluding carboxylic acids is 2. The summed E-state index contributed by atoms with van der Waals surface area (Å²) in [6, 6.07) is 17.0. The van der Waals surface area contributed by atoms with Crippen LogP contribution in [0.1, 0.15) is 37.7 Å². The van der Waals surface area contributed by atoms with Crippen LogP contribution in [0.25, 0.3) is 22.1 Å². The summed E-state index contributed by atoms with van der Waals surface area (Å²) >= 11 is 0. The molecule has 192 valence electrons. The number of nitrogens with one attached hydrogen (secondary N) is 2. The van der Waals surface area contributed by atoms with Crippen LogP contribution in [-0.2, 0) is 29.1 Å². The first-order valence-electron chi connectivity index (χ1n) is 12.8. The van der Waals surface area contributed by atoms with E-state index in [2.05, 4.69) is 10.6 Å². The minimum Gasteiger partial charge on any atom is -0.449 e. The topological polar surface area (TPSA) is 115 Å². The van der Waals surface area contributed by atoms with Crippen molar-refractivity contribution in [1.29, 1.82) is 0 Å². The number of para-hydroxylation sites is 1. The van der Waals surface area contributed by atoms with Crippen molar-refractivity contribution in [2.45, 2.75) is 57.7 Å². The Bertz CT molecular complexity index is 1540. The second-order valence-corrected chi connectivity index (χ2v) is 9.52. The van der Waals surface area contributed by atoms with Crippen LogP contribution < -0.4 is 21.9 Å². The van der Waals surface area contributed by atoms with Gasteiger partial charge in [0, 0.05) is 18.0 Å². The lowest BCUT2D eigenvalue weighted by Gasteiger charge is -2.14. The van der Waals surface area contributed by atoms with Crippen molar-refractivity contribution in [2.75, 3.05) is 6.54 Å². The molecule has 2 N–H and O–H groups in total. The third-order valence-electron chi connectivity index (χ3n) is 6.87. The molecular formula is C28H30N4O5. The number of carbonyl (C=O) groups is 2. The van der Waals surface area contributed by atoms with Crippen molar-refractivity contribution < 1.29 is 14.0 Å². The maximum atomic E-state index is 13.5. The molecule has 2 aromatic heterocycles. The molecule has 2 heterocycles. The summed E-state index contributed by atoms with van der Waals surface area (Å²) in [7, 11) is 0. The van der Waals surface area contributed by atoms with Crippen molar-refractivity contribution in [2.24, 2.45) is 0 Å². The molecule has 2 aromatic carbocycles. The highest BCUT2D eigenvalue weighted by molar-refractivity contribution is 6.02. The molecule has 0 atom stereocenters. The fourth-order valence-electron chi connectivity index (χ4n) is 5.03. The van der Waals surface area contributed by atoms with Crippen LogP contribution in [0.3, 0.4) is 0 Å². The molecule has 1 saturated carbocycles. The Morgan fingerprint density at radius 3 is 2.38 bits per heavy atom. The van der Waals surface area contributed by atoms with Crippen LogP contribution in [0.5, 0.6) is 0 Å². The van der Waals surface area contributed by atoms with Gasteiger partial charge in [0.25, 0.3) is 5.56 Å². The van der Waals surface area contributed by atoms with Gasteiger partial charge in [-0.05, 0) is 43.4 Å². The largest absolute Gasteiger partial charge is 0.449 e. The predicted octanol–water partition coefficient (Wildman–Crippen LogP) is 2.72. The zero-order chi connectivity index (χ0) is 25.8. The summed E-state index contributed by atoms with van der Waals surface area (Å²) in [5.74, 6) is -0.763. The molecule has 0 aliphatic heterocycles. The van der Waals surface area contributed by atoms with E-state index in [9.17, 15) is 19.2 Å². The molecule has 1 fully saturated rings. The first-order valence-corrected chi connectivity index (χ1v) is 12.8. The lowest BCUT2D eigenvalue weighted by molar-refractivity contribution is -0.122. The first kappa shape index (κ1) is 24.5. The molecule has 0 unspecified atom stereocenters. The van der Waals surface area contributed by atoms with E-state index < -0.39 is 23.7 Å². The quantitative estimate of drug-likeness (QED) is 0.342. The fourth-order valence-corrected chi connectivity index (χ4v) is 5.03. The van der Waals surface area contributed by atoms with Crippen molar-refractivity contribution in [1.82, 2.24) is 19.8 Å². The highest BCUT2D eigenvalue weighted by atomic mass is 16.3. The molecular weight excluding hydrogens is 472 g/mol. The summed E-state index contributed by atoms with van der Waals surface area (Å²) in [6.07, 6.45) is 5.43. The molecule has 5 rings (SSSR count). The van der Waals surface area contributed by atoms with Crippen LogP contribution in [0, 0.1) is 0 Å². The molecule has 1 aliphatic carbocycles. The highest BCUT2D eigenvalue weighted by Gasteiger charge is 2.23. The van der Waals surface area contributed by atoms with Crippen molar-refractivity contribution in [3.05, 3.63) is 81.0 Å². The maximum Gasteiger partial charge on any atom is 0.332 e. The van der Waals surface area contributed by atoms with E-state index in [0.29, 0.717) is 17.5 Å². The zero-order valence-corrected chi connectivity index (χ0v) is 20.6. The van der Waals surface area contributed by atoms with Crippen LogP contribution in [0.4, 0.5) is 0 Å². The second kappa shape index (κ2) is 10.9. The van der Waals surface area contributed by atoms with Crippen molar-refractivity contribution >= 4 is 33.9 Å². The molecule has 37 heavy (non-hydrogen) atoms. The van der Waals surface area contributed by atoms with Gasteiger partial charge in [-0.3, -0.25) is 19.0 Å². The van der Waals surface area contributed by atoms with Gasteiger partial charge in [0.2, 0.25) is 17.4 Å². The Balaban J connectivity index is 1.40. The highest BCUT2D eigenvalue weighted by Crippen LogP contribution is 2.25. The van der Waals surface area contributed by atoms with E-state index in [4.69, 9.17) is 4.42 Å². The lowest BCUT2D eigenvalue weighted by Crippen LogP contribution is -2.46. The molecule has 9 heteroatoms. The predicted molar refractivity (Wildman–Crippen MR) is 140 cm³/mol. The number of nitrogens with zero attached hydrogens (tertiary/aromatic N) is 2. The van der Waals surface area contributed by atoms with E-state index in [1.807, 2.05) is 30.3 Å². The third-order valence-corrected chi connectivity index (χ3v) is 6.87. The Hall–Kier alpha value is -4.14. The van der Waals surface area contributed by atoms with Gasteiger partial charge in [-0.15, -0.1) is 0 Å². The molecule has 9 nitrogen and oxygen atoms in total. The Labute approximate surface area is 213 Å². The van der Waals surface area contributed by atoms with Gasteiger partial charge in [-0.25, -0.2) is 9.36 Å². The summed E-state index contributed by atoms with van der Waals surface area (Å²) in [5, 5.41) is 6.33. The molecule has 4 aromatic rings. The lowest BCUT2D eigenvalue weighted by atomic mass is 10.1. The minimum absolute atomic E-state index is 0.0497. The number of amides is 2. The molecule has 0 radical (unpaired) electrons. The number of furan rings is 1. The van der Waals surface area contributed by atoms with Gasteiger partial charge in [-0.2, -0.15) is 0 Å². The number of hydrogen-bond donors (Lipinski definition) is 2. The van der Waals surface area contributed by atoms with Crippen molar-refractivity contribution in [3.8, 4) is 0 Å². The molecule has 0 saturated heterocycles.